The molecule has 4 nitrogen and oxygen atoms in total. The lowest BCUT2D eigenvalue weighted by atomic mass is 9.93. The molecule has 1 atom stereocenters. The van der Waals surface area contributed by atoms with Crippen molar-refractivity contribution < 1.29 is 9.59 Å². The Morgan fingerprint density at radius 3 is 2.74 bits per heavy atom. The molecule has 0 aliphatic carbocycles. The minimum absolute atomic E-state index is 0.0594. The smallest absolute Gasteiger partial charge is 0.252 e. The first-order valence-corrected chi connectivity index (χ1v) is 7.06. The Kier molecular flexibility index (Phi) is 3.67. The maximum atomic E-state index is 12.6. The van der Waals surface area contributed by atoms with Crippen LogP contribution in [-0.2, 0) is 9.59 Å². The fraction of sp³-hybridized carbons (Fsp3) is 0.429. The second-order valence-corrected chi connectivity index (χ2v) is 5.97. The molecule has 19 heavy (non-hydrogen) atoms. The second-order valence-electron chi connectivity index (χ2n) is 5.06. The molecule has 1 aromatic carbocycles. The van der Waals surface area contributed by atoms with E-state index in [0.29, 0.717) is 6.42 Å². The summed E-state index contributed by atoms with van der Waals surface area (Å²) in [6.45, 7) is 5.68. The third-order valence-electron chi connectivity index (χ3n) is 3.60. The predicted octanol–water partition coefficient (Wildman–Crippen LogP) is 2.39. The predicted molar refractivity (Wildman–Crippen MR) is 78.1 cm³/mol. The third kappa shape index (κ3) is 2.52. The van der Waals surface area contributed by atoms with E-state index in [0.717, 1.165) is 15.7 Å². The molecule has 1 heterocycles. The van der Waals surface area contributed by atoms with Crippen molar-refractivity contribution in [3.05, 3.63) is 28.2 Å². The molecule has 102 valence electrons. The van der Waals surface area contributed by atoms with Crippen molar-refractivity contribution in [1.29, 1.82) is 0 Å². The van der Waals surface area contributed by atoms with Crippen LogP contribution < -0.4 is 10.2 Å². The summed E-state index contributed by atoms with van der Waals surface area (Å²) in [6, 6.07) is 5.73. The van der Waals surface area contributed by atoms with E-state index in [2.05, 4.69) is 21.2 Å². The average Bonchev–Trinajstić information content (AvgIpc) is 2.37. The van der Waals surface area contributed by atoms with Crippen LogP contribution >= 0.6 is 15.9 Å². The number of halogens is 1. The van der Waals surface area contributed by atoms with Crippen LogP contribution in [0.1, 0.15) is 25.8 Å². The standard InChI is InChI=1S/C14H17BrN2O2/c1-4-14(3)13(19)17(8-12(18)16-14)11-7-10(15)6-5-9(11)2/h5-7H,4,8H2,1-3H3,(H,16,18). The van der Waals surface area contributed by atoms with Gasteiger partial charge < -0.3 is 10.2 Å². The lowest BCUT2D eigenvalue weighted by molar-refractivity contribution is -0.135. The highest BCUT2D eigenvalue weighted by atomic mass is 79.9. The summed E-state index contributed by atoms with van der Waals surface area (Å²) in [7, 11) is 0. The molecule has 1 saturated heterocycles. The number of amides is 2. The van der Waals surface area contributed by atoms with Crippen LogP contribution in [0.15, 0.2) is 22.7 Å². The molecule has 1 unspecified atom stereocenters. The number of nitrogens with one attached hydrogen (secondary N) is 1. The highest BCUT2D eigenvalue weighted by Gasteiger charge is 2.42. The monoisotopic (exact) mass is 324 g/mol. The van der Waals surface area contributed by atoms with Crippen LogP contribution in [0.4, 0.5) is 5.69 Å². The number of nitrogens with zero attached hydrogens (tertiary/aromatic N) is 1. The summed E-state index contributed by atoms with van der Waals surface area (Å²) in [5.41, 5.74) is 0.947. The number of anilines is 1. The maximum absolute atomic E-state index is 12.6. The Balaban J connectivity index is 2.46. The molecular weight excluding hydrogens is 308 g/mol. The highest BCUT2D eigenvalue weighted by Crippen LogP contribution is 2.29. The first-order valence-electron chi connectivity index (χ1n) is 6.26. The number of piperazine rings is 1. The minimum atomic E-state index is -0.815. The Labute approximate surface area is 121 Å². The number of hydrogen-bond donors (Lipinski definition) is 1. The molecule has 5 heteroatoms. The number of hydrogen-bond acceptors (Lipinski definition) is 2. The van der Waals surface area contributed by atoms with E-state index in [4.69, 9.17) is 0 Å². The van der Waals surface area contributed by atoms with E-state index >= 15 is 0 Å². The van der Waals surface area contributed by atoms with Gasteiger partial charge in [0.15, 0.2) is 0 Å². The Bertz CT molecular complexity index is 544. The molecule has 1 fully saturated rings. The lowest BCUT2D eigenvalue weighted by Crippen LogP contribution is -2.65. The topological polar surface area (TPSA) is 49.4 Å². The van der Waals surface area contributed by atoms with Crippen LogP contribution in [-0.4, -0.2) is 23.9 Å². The van der Waals surface area contributed by atoms with E-state index in [1.54, 1.807) is 11.8 Å². The van der Waals surface area contributed by atoms with Gasteiger partial charge in [-0.1, -0.05) is 28.9 Å². The summed E-state index contributed by atoms with van der Waals surface area (Å²) in [5.74, 6) is -0.181. The van der Waals surface area contributed by atoms with Crippen LogP contribution in [0.2, 0.25) is 0 Å². The van der Waals surface area contributed by atoms with Crippen molar-refractivity contribution in [2.75, 3.05) is 11.4 Å². The Morgan fingerprint density at radius 2 is 2.11 bits per heavy atom. The number of carbonyl (C=O) groups is 2. The fourth-order valence-corrected chi connectivity index (χ4v) is 2.57. The Hall–Kier alpha value is -1.36. The van der Waals surface area contributed by atoms with Gasteiger partial charge in [-0.25, -0.2) is 0 Å². The molecule has 0 radical (unpaired) electrons. The van der Waals surface area contributed by atoms with Gasteiger partial charge in [-0.2, -0.15) is 0 Å². The van der Waals surface area contributed by atoms with E-state index in [-0.39, 0.29) is 18.4 Å². The lowest BCUT2D eigenvalue weighted by Gasteiger charge is -2.39. The molecule has 0 aromatic heterocycles. The SMILES string of the molecule is CCC1(C)NC(=O)CN(c2cc(Br)ccc2C)C1=O. The summed E-state index contributed by atoms with van der Waals surface area (Å²) in [5, 5.41) is 2.78. The molecule has 1 N–H and O–H groups in total. The number of rotatable bonds is 2. The summed E-state index contributed by atoms with van der Waals surface area (Å²) >= 11 is 3.41. The van der Waals surface area contributed by atoms with Crippen molar-refractivity contribution >= 4 is 33.4 Å². The summed E-state index contributed by atoms with van der Waals surface area (Å²) in [6.07, 6.45) is 0.571. The summed E-state index contributed by atoms with van der Waals surface area (Å²) in [4.78, 5) is 26.0. The first kappa shape index (κ1) is 14.1. The molecule has 1 aliphatic rings. The van der Waals surface area contributed by atoms with Gasteiger partial charge in [-0.05, 0) is 38.0 Å². The minimum Gasteiger partial charge on any atom is -0.340 e. The van der Waals surface area contributed by atoms with Gasteiger partial charge >= 0.3 is 0 Å². The van der Waals surface area contributed by atoms with Crippen molar-refractivity contribution in [2.45, 2.75) is 32.7 Å². The third-order valence-corrected chi connectivity index (χ3v) is 4.10. The molecule has 0 bridgehead atoms. The quantitative estimate of drug-likeness (QED) is 0.908. The van der Waals surface area contributed by atoms with Crippen molar-refractivity contribution in [3.8, 4) is 0 Å². The van der Waals surface area contributed by atoms with Gasteiger partial charge in [-0.15, -0.1) is 0 Å². The van der Waals surface area contributed by atoms with Gasteiger partial charge in [0.05, 0.1) is 0 Å². The van der Waals surface area contributed by atoms with Crippen LogP contribution in [0.3, 0.4) is 0 Å². The zero-order valence-electron chi connectivity index (χ0n) is 11.3. The average molecular weight is 325 g/mol. The molecule has 1 aromatic rings. The van der Waals surface area contributed by atoms with Gasteiger partial charge in [0.2, 0.25) is 5.91 Å². The van der Waals surface area contributed by atoms with Gasteiger partial charge in [0.1, 0.15) is 12.1 Å². The van der Waals surface area contributed by atoms with Crippen molar-refractivity contribution in [2.24, 2.45) is 0 Å². The summed E-state index contributed by atoms with van der Waals surface area (Å²) < 4.78 is 0.894. The molecular formula is C14H17BrN2O2. The van der Waals surface area contributed by atoms with E-state index in [9.17, 15) is 9.59 Å². The highest BCUT2D eigenvalue weighted by molar-refractivity contribution is 9.10. The maximum Gasteiger partial charge on any atom is 0.252 e. The van der Waals surface area contributed by atoms with Crippen LogP contribution in [0.5, 0.6) is 0 Å². The normalized spacial score (nSPS) is 23.5. The van der Waals surface area contributed by atoms with Gasteiger partial charge in [0.25, 0.3) is 5.91 Å². The van der Waals surface area contributed by atoms with Crippen LogP contribution in [0, 0.1) is 6.92 Å². The molecule has 0 spiro atoms. The van der Waals surface area contributed by atoms with Crippen LogP contribution in [0.25, 0.3) is 0 Å². The number of benzene rings is 1. The fourth-order valence-electron chi connectivity index (χ4n) is 2.22. The van der Waals surface area contributed by atoms with Gasteiger partial charge in [0, 0.05) is 10.2 Å². The molecule has 1 aliphatic heterocycles. The van der Waals surface area contributed by atoms with E-state index in [1.165, 1.54) is 0 Å². The van der Waals surface area contributed by atoms with Gasteiger partial charge in [-0.3, -0.25) is 9.59 Å². The number of carbonyl (C=O) groups excluding carboxylic acids is 2. The number of aryl methyl sites for hydroxylation is 1. The largest absolute Gasteiger partial charge is 0.340 e. The Morgan fingerprint density at radius 1 is 1.42 bits per heavy atom. The molecule has 2 rings (SSSR count). The second kappa shape index (κ2) is 4.96. The molecule has 2 amide bonds. The zero-order valence-corrected chi connectivity index (χ0v) is 12.9. The molecule has 0 saturated carbocycles. The van der Waals surface area contributed by atoms with E-state index in [1.807, 2.05) is 32.0 Å². The first-order chi connectivity index (χ1) is 8.87. The van der Waals surface area contributed by atoms with Crippen molar-refractivity contribution in [3.63, 3.8) is 0 Å². The van der Waals surface area contributed by atoms with E-state index < -0.39 is 5.54 Å². The zero-order chi connectivity index (χ0) is 14.2. The van der Waals surface area contributed by atoms with Crippen molar-refractivity contribution in [1.82, 2.24) is 5.32 Å².